The minimum absolute atomic E-state index is 0.224. The first-order valence-electron chi connectivity index (χ1n) is 10.2. The van der Waals surface area contributed by atoms with E-state index in [4.69, 9.17) is 9.73 Å². The van der Waals surface area contributed by atoms with Crippen molar-refractivity contribution in [3.05, 3.63) is 0 Å². The van der Waals surface area contributed by atoms with Crippen molar-refractivity contribution in [3.63, 3.8) is 0 Å². The molecule has 0 atom stereocenters. The highest BCUT2D eigenvalue weighted by molar-refractivity contribution is 5.80. The second-order valence-electron chi connectivity index (χ2n) is 8.49. The molecule has 0 aliphatic carbocycles. The summed E-state index contributed by atoms with van der Waals surface area (Å²) in [7, 11) is 2.19. The second kappa shape index (κ2) is 10.1. The van der Waals surface area contributed by atoms with Gasteiger partial charge in [-0.1, -0.05) is 0 Å². The molecule has 8 heteroatoms. The van der Waals surface area contributed by atoms with Gasteiger partial charge in [-0.05, 0) is 54.3 Å². The number of hydrogen-bond acceptors (Lipinski definition) is 5. The summed E-state index contributed by atoms with van der Waals surface area (Å²) in [5, 5.41) is 6.72. The molecule has 2 fully saturated rings. The smallest absolute Gasteiger partial charge is 0.410 e. The van der Waals surface area contributed by atoms with E-state index in [2.05, 4.69) is 34.4 Å². The molecular weight excluding hydrogens is 344 g/mol. The average molecular weight is 383 g/mol. The van der Waals surface area contributed by atoms with Gasteiger partial charge in [0.2, 0.25) is 0 Å². The average Bonchev–Trinajstić information content (AvgIpc) is 2.73. The Morgan fingerprint density at radius 3 is 2.59 bits per heavy atom. The number of aliphatic imine (C=N–C) groups is 1. The molecule has 2 heterocycles. The molecule has 0 radical (unpaired) electrons. The van der Waals surface area contributed by atoms with E-state index in [0.29, 0.717) is 13.1 Å². The van der Waals surface area contributed by atoms with Crippen LogP contribution in [0.1, 0.15) is 34.1 Å². The topological polar surface area (TPSA) is 72.4 Å². The summed E-state index contributed by atoms with van der Waals surface area (Å²) in [6.07, 6.45) is 0.981. The SMILES string of the molecule is CCNC(=NCCN1CCCN(C)CC1)NC1CN(C(=O)OC(C)(C)C)C1. The van der Waals surface area contributed by atoms with Crippen molar-refractivity contribution in [2.45, 2.75) is 45.8 Å². The first-order valence-corrected chi connectivity index (χ1v) is 10.2. The van der Waals surface area contributed by atoms with Crippen LogP contribution in [0.5, 0.6) is 0 Å². The first kappa shape index (κ1) is 21.8. The number of rotatable bonds is 5. The highest BCUT2D eigenvalue weighted by atomic mass is 16.6. The van der Waals surface area contributed by atoms with Gasteiger partial charge in [0.25, 0.3) is 0 Å². The Balaban J connectivity index is 1.72. The predicted molar refractivity (Wildman–Crippen MR) is 109 cm³/mol. The van der Waals surface area contributed by atoms with Gasteiger partial charge in [-0.2, -0.15) is 0 Å². The van der Waals surface area contributed by atoms with Crippen molar-refractivity contribution in [1.82, 2.24) is 25.3 Å². The fourth-order valence-corrected chi connectivity index (χ4v) is 3.19. The van der Waals surface area contributed by atoms with Crippen molar-refractivity contribution < 1.29 is 9.53 Å². The summed E-state index contributed by atoms with van der Waals surface area (Å²) in [5.41, 5.74) is -0.450. The van der Waals surface area contributed by atoms with Crippen molar-refractivity contribution in [2.75, 3.05) is 66.0 Å². The molecule has 156 valence electrons. The number of amides is 1. The van der Waals surface area contributed by atoms with Crippen LogP contribution in [0.4, 0.5) is 4.79 Å². The van der Waals surface area contributed by atoms with Gasteiger partial charge in [-0.15, -0.1) is 0 Å². The molecule has 0 bridgehead atoms. The Kier molecular flexibility index (Phi) is 8.16. The van der Waals surface area contributed by atoms with Gasteiger partial charge in [0.15, 0.2) is 5.96 Å². The lowest BCUT2D eigenvalue weighted by Crippen LogP contribution is -2.63. The van der Waals surface area contributed by atoms with E-state index in [1.165, 1.54) is 13.0 Å². The standard InChI is InChI=1S/C19H38N6O2/c1-6-20-17(21-8-11-24-10-7-9-23(5)12-13-24)22-16-14-25(15-16)18(26)27-19(2,3)4/h16H,6-15H2,1-5H3,(H2,20,21,22). The van der Waals surface area contributed by atoms with Crippen molar-refractivity contribution >= 4 is 12.1 Å². The molecule has 0 spiro atoms. The van der Waals surface area contributed by atoms with Crippen LogP contribution in [0.25, 0.3) is 0 Å². The largest absolute Gasteiger partial charge is 0.444 e. The molecule has 2 saturated heterocycles. The van der Waals surface area contributed by atoms with Gasteiger partial charge >= 0.3 is 6.09 Å². The van der Waals surface area contributed by atoms with E-state index in [1.54, 1.807) is 4.90 Å². The van der Waals surface area contributed by atoms with E-state index in [9.17, 15) is 4.79 Å². The number of ether oxygens (including phenoxy) is 1. The maximum absolute atomic E-state index is 12.0. The fraction of sp³-hybridized carbons (Fsp3) is 0.895. The summed E-state index contributed by atoms with van der Waals surface area (Å²) in [4.78, 5) is 23.3. The third-order valence-corrected chi connectivity index (χ3v) is 4.72. The maximum atomic E-state index is 12.0. The Bertz CT molecular complexity index is 499. The molecule has 0 unspecified atom stereocenters. The van der Waals surface area contributed by atoms with Crippen LogP contribution in [-0.4, -0.2) is 104 Å². The van der Waals surface area contributed by atoms with Crippen LogP contribution < -0.4 is 10.6 Å². The molecule has 27 heavy (non-hydrogen) atoms. The van der Waals surface area contributed by atoms with Crippen molar-refractivity contribution in [1.29, 1.82) is 0 Å². The predicted octanol–water partition coefficient (Wildman–Crippen LogP) is 0.798. The van der Waals surface area contributed by atoms with E-state index >= 15 is 0 Å². The van der Waals surface area contributed by atoms with Gasteiger partial charge in [-0.3, -0.25) is 4.99 Å². The summed E-state index contributed by atoms with van der Waals surface area (Å²) < 4.78 is 5.40. The van der Waals surface area contributed by atoms with Gasteiger partial charge in [-0.25, -0.2) is 4.79 Å². The number of nitrogens with one attached hydrogen (secondary N) is 2. The molecule has 8 nitrogen and oxygen atoms in total. The molecule has 0 saturated carbocycles. The van der Waals surface area contributed by atoms with E-state index < -0.39 is 5.60 Å². The maximum Gasteiger partial charge on any atom is 0.410 e. The molecule has 2 aliphatic rings. The number of hydrogen-bond donors (Lipinski definition) is 2. The zero-order valence-corrected chi connectivity index (χ0v) is 17.8. The molecular formula is C19H38N6O2. The minimum Gasteiger partial charge on any atom is -0.444 e. The highest BCUT2D eigenvalue weighted by Gasteiger charge is 2.34. The van der Waals surface area contributed by atoms with E-state index in [0.717, 1.165) is 45.2 Å². The molecule has 2 aliphatic heterocycles. The zero-order chi connectivity index (χ0) is 19.9. The van der Waals surface area contributed by atoms with E-state index in [-0.39, 0.29) is 12.1 Å². The minimum atomic E-state index is -0.450. The van der Waals surface area contributed by atoms with Crippen molar-refractivity contribution in [2.24, 2.45) is 4.99 Å². The van der Waals surface area contributed by atoms with Crippen LogP contribution in [-0.2, 0) is 4.74 Å². The molecule has 2 N–H and O–H groups in total. The van der Waals surface area contributed by atoms with Gasteiger partial charge < -0.3 is 30.1 Å². The van der Waals surface area contributed by atoms with E-state index in [1.807, 2.05) is 20.8 Å². The zero-order valence-electron chi connectivity index (χ0n) is 17.8. The summed E-state index contributed by atoms with van der Waals surface area (Å²) in [6.45, 7) is 16.2. The Morgan fingerprint density at radius 1 is 1.19 bits per heavy atom. The van der Waals surface area contributed by atoms with Gasteiger partial charge in [0, 0.05) is 39.3 Å². The first-order chi connectivity index (χ1) is 12.8. The highest BCUT2D eigenvalue weighted by Crippen LogP contribution is 2.15. The normalized spacial score (nSPS) is 20.8. The number of likely N-dealkylation sites (N-methyl/N-ethyl adjacent to an activating group) is 1. The van der Waals surface area contributed by atoms with Gasteiger partial charge in [0.05, 0.1) is 12.6 Å². The third-order valence-electron chi connectivity index (χ3n) is 4.72. The number of likely N-dealkylation sites (tertiary alicyclic amines) is 1. The Labute approximate surface area is 164 Å². The quantitative estimate of drug-likeness (QED) is 0.541. The second-order valence-corrected chi connectivity index (χ2v) is 8.49. The Hall–Kier alpha value is -1.54. The molecule has 0 aromatic carbocycles. The lowest BCUT2D eigenvalue weighted by Gasteiger charge is -2.40. The molecule has 1 amide bonds. The summed E-state index contributed by atoms with van der Waals surface area (Å²) in [6, 6.07) is 0.224. The monoisotopic (exact) mass is 382 g/mol. The molecule has 2 rings (SSSR count). The number of nitrogens with zero attached hydrogens (tertiary/aromatic N) is 4. The van der Waals surface area contributed by atoms with Gasteiger partial charge in [0.1, 0.15) is 5.60 Å². The van der Waals surface area contributed by atoms with Crippen LogP contribution in [0.3, 0.4) is 0 Å². The third kappa shape index (κ3) is 7.92. The number of carbonyl (C=O) groups excluding carboxylic acids is 1. The molecule has 0 aromatic heterocycles. The lowest BCUT2D eigenvalue weighted by molar-refractivity contribution is 0.00700. The van der Waals surface area contributed by atoms with Crippen LogP contribution >= 0.6 is 0 Å². The lowest BCUT2D eigenvalue weighted by atomic mass is 10.1. The van der Waals surface area contributed by atoms with Crippen LogP contribution in [0.15, 0.2) is 4.99 Å². The van der Waals surface area contributed by atoms with Crippen LogP contribution in [0, 0.1) is 0 Å². The summed E-state index contributed by atoms with van der Waals surface area (Å²) in [5.74, 6) is 0.832. The fourth-order valence-electron chi connectivity index (χ4n) is 3.19. The van der Waals surface area contributed by atoms with Crippen molar-refractivity contribution in [3.8, 4) is 0 Å². The van der Waals surface area contributed by atoms with Crippen LogP contribution in [0.2, 0.25) is 0 Å². The molecule has 0 aromatic rings. The number of carbonyl (C=O) groups is 1. The Morgan fingerprint density at radius 2 is 1.93 bits per heavy atom. The summed E-state index contributed by atoms with van der Waals surface area (Å²) >= 11 is 0. The number of guanidine groups is 1.